The Morgan fingerprint density at radius 3 is 1.28 bits per heavy atom. The van der Waals surface area contributed by atoms with Gasteiger partial charge in [0.25, 0.3) is 0 Å². The molecular formula is C50H31NS2. The quantitative estimate of drug-likeness (QED) is 0.172. The van der Waals surface area contributed by atoms with Crippen LogP contribution in [0.25, 0.3) is 84.1 Å². The third kappa shape index (κ3) is 4.89. The maximum absolute atomic E-state index is 2.50. The largest absolute Gasteiger partial charge is 0.308 e. The number of hydrogen-bond donors (Lipinski definition) is 0. The first kappa shape index (κ1) is 30.4. The molecule has 0 saturated carbocycles. The number of rotatable bonds is 5. The fourth-order valence-corrected chi connectivity index (χ4v) is 10.6. The molecule has 1 nitrogen and oxygen atoms in total. The van der Waals surface area contributed by atoms with Gasteiger partial charge in [-0.05, 0) is 92.3 Å². The summed E-state index contributed by atoms with van der Waals surface area (Å²) in [4.78, 5) is 2.50. The van der Waals surface area contributed by atoms with Crippen LogP contribution in [0.4, 0.5) is 17.1 Å². The highest BCUT2D eigenvalue weighted by atomic mass is 32.1. The summed E-state index contributed by atoms with van der Waals surface area (Å²) in [5.41, 5.74) is 8.52. The van der Waals surface area contributed by atoms with Gasteiger partial charge in [0.05, 0.1) is 20.8 Å². The van der Waals surface area contributed by atoms with Gasteiger partial charge in [0.1, 0.15) is 0 Å². The number of benzene rings is 9. The van der Waals surface area contributed by atoms with E-state index < -0.39 is 0 Å². The van der Waals surface area contributed by atoms with Crippen LogP contribution < -0.4 is 4.90 Å². The van der Waals surface area contributed by atoms with Gasteiger partial charge in [-0.25, -0.2) is 0 Å². The van der Waals surface area contributed by atoms with Crippen LogP contribution in [0.2, 0.25) is 0 Å². The Balaban J connectivity index is 1.20. The summed E-state index contributed by atoms with van der Waals surface area (Å²) in [7, 11) is 0. The molecule has 0 aliphatic carbocycles. The summed E-state index contributed by atoms with van der Waals surface area (Å²) < 4.78 is 5.16. The highest BCUT2D eigenvalue weighted by molar-refractivity contribution is 7.27. The predicted octanol–water partition coefficient (Wildman–Crippen LogP) is 15.5. The van der Waals surface area contributed by atoms with Crippen molar-refractivity contribution in [2.75, 3.05) is 4.90 Å². The van der Waals surface area contributed by atoms with Crippen molar-refractivity contribution in [2.24, 2.45) is 0 Å². The van der Waals surface area contributed by atoms with E-state index in [1.807, 2.05) is 22.7 Å². The molecule has 9 aromatic carbocycles. The lowest BCUT2D eigenvalue weighted by molar-refractivity contribution is 1.32. The fourth-order valence-electron chi connectivity index (χ4n) is 8.16. The molecule has 2 heterocycles. The van der Waals surface area contributed by atoms with E-state index in [1.54, 1.807) is 0 Å². The molecule has 0 spiro atoms. The molecule has 11 rings (SSSR count). The fraction of sp³-hybridized carbons (Fsp3) is 0. The number of para-hydroxylation sites is 1. The second-order valence-electron chi connectivity index (χ2n) is 13.7. The van der Waals surface area contributed by atoms with Crippen LogP contribution in [-0.4, -0.2) is 0 Å². The van der Waals surface area contributed by atoms with E-state index in [2.05, 4.69) is 193 Å². The van der Waals surface area contributed by atoms with Crippen LogP contribution in [0.1, 0.15) is 0 Å². The molecule has 248 valence electrons. The SMILES string of the molecule is c1ccc(N(c2ccc(-c3ccc4ccccc4c3)c3c2sc2ccccc23)c2ccc(-c3ccc4ccccc4c3)c3c2sc2ccccc23)cc1. The molecule has 11 aromatic rings. The second kappa shape index (κ2) is 12.2. The van der Waals surface area contributed by atoms with Gasteiger partial charge >= 0.3 is 0 Å². The topological polar surface area (TPSA) is 3.24 Å². The standard InChI is InChI=1S/C50H31NS2/c1-2-16-38(17-3-1)51(43-28-26-39(36-24-22-32-12-4-6-14-34(32)30-36)47-41-18-8-10-20-45(41)52-49(43)47)44-29-27-40(37-25-23-33-13-5-7-15-35(33)31-37)48-42-19-9-11-21-46(42)53-50(44)48/h1-31H. The minimum atomic E-state index is 1.14. The number of anilines is 3. The summed E-state index contributed by atoms with van der Waals surface area (Å²) >= 11 is 3.78. The number of hydrogen-bond acceptors (Lipinski definition) is 3. The maximum Gasteiger partial charge on any atom is 0.0641 e. The van der Waals surface area contributed by atoms with Crippen LogP contribution in [-0.2, 0) is 0 Å². The zero-order valence-corrected chi connectivity index (χ0v) is 30.3. The average Bonchev–Trinajstić information content (AvgIpc) is 3.81. The van der Waals surface area contributed by atoms with Crippen molar-refractivity contribution < 1.29 is 0 Å². The zero-order chi connectivity index (χ0) is 34.9. The van der Waals surface area contributed by atoms with Crippen molar-refractivity contribution in [3.8, 4) is 22.3 Å². The minimum absolute atomic E-state index is 1.14. The van der Waals surface area contributed by atoms with E-state index in [4.69, 9.17) is 0 Å². The zero-order valence-electron chi connectivity index (χ0n) is 28.7. The van der Waals surface area contributed by atoms with Crippen molar-refractivity contribution in [1.82, 2.24) is 0 Å². The summed E-state index contributed by atoms with van der Waals surface area (Å²) in [5.74, 6) is 0. The Hall–Kier alpha value is -6.26. The van der Waals surface area contributed by atoms with Crippen LogP contribution >= 0.6 is 22.7 Å². The molecule has 0 saturated heterocycles. The van der Waals surface area contributed by atoms with E-state index in [9.17, 15) is 0 Å². The first-order valence-corrected chi connectivity index (χ1v) is 19.6. The van der Waals surface area contributed by atoms with Crippen molar-refractivity contribution in [2.45, 2.75) is 0 Å². The van der Waals surface area contributed by atoms with E-state index in [0.29, 0.717) is 0 Å². The Morgan fingerprint density at radius 2 is 0.774 bits per heavy atom. The summed E-state index contributed by atoms with van der Waals surface area (Å²) in [6, 6.07) is 69.1. The third-order valence-electron chi connectivity index (χ3n) is 10.6. The molecule has 0 bridgehead atoms. The highest BCUT2D eigenvalue weighted by Crippen LogP contribution is 2.52. The second-order valence-corrected chi connectivity index (χ2v) is 15.8. The van der Waals surface area contributed by atoms with Gasteiger partial charge in [-0.1, -0.05) is 140 Å². The Bertz CT molecular complexity index is 2990. The molecule has 0 unspecified atom stereocenters. The Morgan fingerprint density at radius 1 is 0.340 bits per heavy atom. The van der Waals surface area contributed by atoms with Gasteiger partial charge in [-0.15, -0.1) is 22.7 Å². The first-order chi connectivity index (χ1) is 26.3. The first-order valence-electron chi connectivity index (χ1n) is 18.0. The smallest absolute Gasteiger partial charge is 0.0641 e. The molecule has 53 heavy (non-hydrogen) atoms. The molecule has 2 aromatic heterocycles. The monoisotopic (exact) mass is 709 g/mol. The van der Waals surface area contributed by atoms with Crippen LogP contribution in [0.15, 0.2) is 188 Å². The molecule has 0 N–H and O–H groups in total. The molecule has 0 aliphatic rings. The highest BCUT2D eigenvalue weighted by Gasteiger charge is 2.24. The lowest BCUT2D eigenvalue weighted by Gasteiger charge is -2.27. The Labute approximate surface area is 315 Å². The van der Waals surface area contributed by atoms with Crippen molar-refractivity contribution >= 4 is 102 Å². The molecular weight excluding hydrogens is 679 g/mol. The lowest BCUT2D eigenvalue weighted by Crippen LogP contribution is -2.10. The van der Waals surface area contributed by atoms with E-state index >= 15 is 0 Å². The van der Waals surface area contributed by atoms with Gasteiger partial charge < -0.3 is 4.90 Å². The molecule has 3 heteroatoms. The Kier molecular flexibility index (Phi) is 6.97. The number of fused-ring (bicyclic) bond motifs is 8. The average molecular weight is 710 g/mol. The maximum atomic E-state index is 2.50. The minimum Gasteiger partial charge on any atom is -0.308 e. The third-order valence-corrected chi connectivity index (χ3v) is 13.0. The molecule has 0 amide bonds. The van der Waals surface area contributed by atoms with Gasteiger partial charge in [0.15, 0.2) is 0 Å². The molecule has 0 fully saturated rings. The van der Waals surface area contributed by atoms with E-state index in [1.165, 1.54) is 95.5 Å². The van der Waals surface area contributed by atoms with Crippen LogP contribution in [0.3, 0.4) is 0 Å². The van der Waals surface area contributed by atoms with Gasteiger partial charge in [-0.3, -0.25) is 0 Å². The van der Waals surface area contributed by atoms with Crippen molar-refractivity contribution in [3.63, 3.8) is 0 Å². The number of nitrogens with zero attached hydrogens (tertiary/aromatic N) is 1. The van der Waals surface area contributed by atoms with Crippen LogP contribution in [0.5, 0.6) is 0 Å². The molecule has 0 aliphatic heterocycles. The van der Waals surface area contributed by atoms with E-state index in [0.717, 1.165) is 5.69 Å². The van der Waals surface area contributed by atoms with Gasteiger partial charge in [-0.2, -0.15) is 0 Å². The van der Waals surface area contributed by atoms with Gasteiger partial charge in [0, 0.05) is 36.6 Å². The molecule has 0 radical (unpaired) electrons. The summed E-state index contributed by atoms with van der Waals surface area (Å²) in [6.45, 7) is 0. The van der Waals surface area contributed by atoms with Crippen LogP contribution in [0, 0.1) is 0 Å². The van der Waals surface area contributed by atoms with E-state index in [-0.39, 0.29) is 0 Å². The normalized spacial score (nSPS) is 11.8. The lowest BCUT2D eigenvalue weighted by atomic mass is 9.95. The number of thiophene rings is 2. The summed E-state index contributed by atoms with van der Waals surface area (Å²) in [6.07, 6.45) is 0. The molecule has 0 atom stereocenters. The predicted molar refractivity (Wildman–Crippen MR) is 233 cm³/mol. The van der Waals surface area contributed by atoms with Gasteiger partial charge in [0.2, 0.25) is 0 Å². The summed E-state index contributed by atoms with van der Waals surface area (Å²) in [5, 5.41) is 10.2. The van der Waals surface area contributed by atoms with Crippen molar-refractivity contribution in [1.29, 1.82) is 0 Å². The van der Waals surface area contributed by atoms with Crippen molar-refractivity contribution in [3.05, 3.63) is 188 Å².